The van der Waals surface area contributed by atoms with E-state index in [4.69, 9.17) is 16.3 Å². The van der Waals surface area contributed by atoms with Crippen molar-refractivity contribution in [2.24, 2.45) is 5.41 Å². The molecule has 1 aromatic rings. The maximum atomic E-state index is 11.6. The Hall–Kier alpha value is -0.540. The van der Waals surface area contributed by atoms with Crippen LogP contribution in [-0.2, 0) is 4.79 Å². The molecule has 1 aromatic carbocycles. The first kappa shape index (κ1) is 12.9. The Kier molecular flexibility index (Phi) is 3.50. The van der Waals surface area contributed by atoms with Crippen molar-refractivity contribution in [2.75, 3.05) is 0 Å². The molecule has 1 aliphatic carbocycles. The molecule has 1 aliphatic rings. The highest BCUT2D eigenvalue weighted by Gasteiger charge is 2.51. The molecule has 0 N–H and O–H groups in total. The van der Waals surface area contributed by atoms with Crippen LogP contribution in [0.2, 0.25) is 5.02 Å². The van der Waals surface area contributed by atoms with Crippen molar-refractivity contribution in [3.8, 4) is 5.75 Å². The van der Waals surface area contributed by atoms with Crippen LogP contribution in [0.5, 0.6) is 5.75 Å². The molecule has 2 nitrogen and oxygen atoms in total. The molecule has 0 saturated heterocycles. The second-order valence-electron chi connectivity index (χ2n) is 4.58. The zero-order chi connectivity index (χ0) is 12.6. The van der Waals surface area contributed by atoms with E-state index in [1.54, 1.807) is 12.1 Å². The van der Waals surface area contributed by atoms with Gasteiger partial charge in [-0.3, -0.25) is 4.79 Å². The van der Waals surface area contributed by atoms with E-state index in [0.29, 0.717) is 11.4 Å². The Labute approximate surface area is 114 Å². The number of ketones is 1. The molecule has 17 heavy (non-hydrogen) atoms. The lowest BCUT2D eigenvalue weighted by molar-refractivity contribution is -0.150. The van der Waals surface area contributed by atoms with E-state index in [1.807, 2.05) is 19.9 Å². The van der Waals surface area contributed by atoms with Crippen LogP contribution in [0.25, 0.3) is 0 Å². The number of hydrogen-bond donors (Lipinski definition) is 0. The van der Waals surface area contributed by atoms with E-state index in [1.165, 1.54) is 0 Å². The molecule has 0 radical (unpaired) electrons. The number of hydrogen-bond acceptors (Lipinski definition) is 2. The number of carbonyl (C=O) groups excluding carboxylic acids is 1. The van der Waals surface area contributed by atoms with Gasteiger partial charge < -0.3 is 4.74 Å². The van der Waals surface area contributed by atoms with Gasteiger partial charge in [-0.25, -0.2) is 0 Å². The summed E-state index contributed by atoms with van der Waals surface area (Å²) < 4.78 is 6.71. The quantitative estimate of drug-likeness (QED) is 0.833. The molecule has 0 bridgehead atoms. The molecule has 0 heterocycles. The summed E-state index contributed by atoms with van der Waals surface area (Å²) in [5, 5.41) is 0.659. The Morgan fingerprint density at radius 3 is 2.82 bits per heavy atom. The minimum absolute atomic E-state index is 0.0301. The third kappa shape index (κ3) is 2.23. The fourth-order valence-electron chi connectivity index (χ4n) is 2.00. The van der Waals surface area contributed by atoms with Crippen LogP contribution in [0.15, 0.2) is 22.7 Å². The van der Waals surface area contributed by atoms with Gasteiger partial charge in [-0.15, -0.1) is 0 Å². The van der Waals surface area contributed by atoms with Gasteiger partial charge >= 0.3 is 0 Å². The Morgan fingerprint density at radius 2 is 2.29 bits per heavy atom. The van der Waals surface area contributed by atoms with E-state index in [9.17, 15) is 4.79 Å². The summed E-state index contributed by atoms with van der Waals surface area (Å²) in [5.41, 5.74) is -0.334. The lowest BCUT2D eigenvalue weighted by Crippen LogP contribution is -2.54. The minimum atomic E-state index is -0.334. The zero-order valence-electron chi connectivity index (χ0n) is 9.80. The van der Waals surface area contributed by atoms with Gasteiger partial charge in [0.1, 0.15) is 17.6 Å². The standard InChI is InChI=1S/C13H14BrClO2/c1-3-13(2)11(16)7-12(13)17-10-5-4-8(15)6-9(10)14/h4-6,12H,3,7H2,1-2H3. The highest BCUT2D eigenvalue weighted by molar-refractivity contribution is 9.10. The zero-order valence-corrected chi connectivity index (χ0v) is 12.1. The number of rotatable bonds is 3. The molecular formula is C13H14BrClO2. The van der Waals surface area contributed by atoms with Crippen molar-refractivity contribution in [3.05, 3.63) is 27.7 Å². The minimum Gasteiger partial charge on any atom is -0.488 e. The van der Waals surface area contributed by atoms with Gasteiger partial charge in [0.05, 0.1) is 9.89 Å². The summed E-state index contributed by atoms with van der Waals surface area (Å²) in [4.78, 5) is 11.6. The lowest BCUT2D eigenvalue weighted by atomic mass is 9.64. The smallest absolute Gasteiger partial charge is 0.146 e. The summed E-state index contributed by atoms with van der Waals surface area (Å²) in [7, 11) is 0. The van der Waals surface area contributed by atoms with Crippen molar-refractivity contribution in [2.45, 2.75) is 32.8 Å². The summed E-state index contributed by atoms with van der Waals surface area (Å²) in [6.45, 7) is 3.98. The maximum absolute atomic E-state index is 11.6. The van der Waals surface area contributed by atoms with Gasteiger partial charge in [0.15, 0.2) is 0 Å². The van der Waals surface area contributed by atoms with E-state index in [0.717, 1.165) is 16.6 Å². The molecule has 0 spiro atoms. The van der Waals surface area contributed by atoms with Gasteiger partial charge in [-0.2, -0.15) is 0 Å². The predicted molar refractivity (Wildman–Crippen MR) is 71.6 cm³/mol. The average Bonchev–Trinajstić information content (AvgIpc) is 2.30. The highest BCUT2D eigenvalue weighted by atomic mass is 79.9. The largest absolute Gasteiger partial charge is 0.488 e. The highest BCUT2D eigenvalue weighted by Crippen LogP contribution is 2.43. The topological polar surface area (TPSA) is 26.3 Å². The lowest BCUT2D eigenvalue weighted by Gasteiger charge is -2.44. The van der Waals surface area contributed by atoms with E-state index in [-0.39, 0.29) is 17.3 Å². The number of ether oxygens (including phenoxy) is 1. The number of carbonyl (C=O) groups is 1. The van der Waals surface area contributed by atoms with Crippen molar-refractivity contribution >= 4 is 33.3 Å². The van der Waals surface area contributed by atoms with Crippen molar-refractivity contribution in [1.29, 1.82) is 0 Å². The maximum Gasteiger partial charge on any atom is 0.146 e. The molecule has 2 unspecified atom stereocenters. The first-order valence-corrected chi connectivity index (χ1v) is 6.79. The van der Waals surface area contributed by atoms with E-state index in [2.05, 4.69) is 15.9 Å². The number of Topliss-reactive ketones (excluding diaryl/α,β-unsaturated/α-hetero) is 1. The molecule has 92 valence electrons. The Bertz CT molecular complexity index is 461. The van der Waals surface area contributed by atoms with Gasteiger partial charge in [0.25, 0.3) is 0 Å². The SMILES string of the molecule is CCC1(C)C(=O)CC1Oc1ccc(Cl)cc1Br. The van der Waals surface area contributed by atoms with Gasteiger partial charge in [0, 0.05) is 11.4 Å². The van der Waals surface area contributed by atoms with Crippen LogP contribution in [0.3, 0.4) is 0 Å². The molecule has 1 saturated carbocycles. The average molecular weight is 318 g/mol. The van der Waals surface area contributed by atoms with E-state index < -0.39 is 0 Å². The molecule has 0 aliphatic heterocycles. The fourth-order valence-corrected chi connectivity index (χ4v) is 2.77. The molecule has 1 fully saturated rings. The number of halogens is 2. The molecule has 2 rings (SSSR count). The fraction of sp³-hybridized carbons (Fsp3) is 0.462. The van der Waals surface area contributed by atoms with Crippen LogP contribution >= 0.6 is 27.5 Å². The van der Waals surface area contributed by atoms with Crippen molar-refractivity contribution < 1.29 is 9.53 Å². The molecular weight excluding hydrogens is 303 g/mol. The third-order valence-electron chi connectivity index (χ3n) is 3.62. The Morgan fingerprint density at radius 1 is 1.59 bits per heavy atom. The number of benzene rings is 1. The van der Waals surface area contributed by atoms with Crippen LogP contribution in [0, 0.1) is 5.41 Å². The summed E-state index contributed by atoms with van der Waals surface area (Å²) in [6, 6.07) is 5.40. The molecule has 0 aromatic heterocycles. The van der Waals surface area contributed by atoms with Gasteiger partial charge in [-0.05, 0) is 47.5 Å². The van der Waals surface area contributed by atoms with Crippen LogP contribution in [0.4, 0.5) is 0 Å². The van der Waals surface area contributed by atoms with Crippen molar-refractivity contribution in [1.82, 2.24) is 0 Å². The van der Waals surface area contributed by atoms with Gasteiger partial charge in [0.2, 0.25) is 0 Å². The first-order valence-electron chi connectivity index (χ1n) is 5.62. The van der Waals surface area contributed by atoms with Crippen LogP contribution < -0.4 is 4.74 Å². The Balaban J connectivity index is 2.15. The summed E-state index contributed by atoms with van der Waals surface area (Å²) >= 11 is 9.28. The third-order valence-corrected chi connectivity index (χ3v) is 4.47. The second kappa shape index (κ2) is 4.62. The van der Waals surface area contributed by atoms with E-state index >= 15 is 0 Å². The van der Waals surface area contributed by atoms with Gasteiger partial charge in [-0.1, -0.05) is 18.5 Å². The predicted octanol–water partition coefficient (Wildman–Crippen LogP) is 4.24. The van der Waals surface area contributed by atoms with Crippen LogP contribution in [0.1, 0.15) is 26.7 Å². The second-order valence-corrected chi connectivity index (χ2v) is 5.87. The monoisotopic (exact) mass is 316 g/mol. The summed E-state index contributed by atoms with van der Waals surface area (Å²) in [6.07, 6.45) is 1.28. The molecule has 4 heteroatoms. The molecule has 2 atom stereocenters. The van der Waals surface area contributed by atoms with Crippen molar-refractivity contribution in [3.63, 3.8) is 0 Å². The molecule has 0 amide bonds. The summed E-state index contributed by atoms with van der Waals surface area (Å²) in [5.74, 6) is 1.03. The van der Waals surface area contributed by atoms with Crippen LogP contribution in [-0.4, -0.2) is 11.9 Å². The first-order chi connectivity index (χ1) is 7.97. The normalized spacial score (nSPS) is 27.8.